The molecule has 0 saturated carbocycles. The lowest BCUT2D eigenvalue weighted by Gasteiger charge is -2.27. The van der Waals surface area contributed by atoms with Gasteiger partial charge in [-0.3, -0.25) is 4.79 Å². The maximum Gasteiger partial charge on any atom is 0.221 e. The first-order valence-electron chi connectivity index (χ1n) is 7.70. The van der Waals surface area contributed by atoms with E-state index in [2.05, 4.69) is 10.5 Å². The number of hydrogen-bond acceptors (Lipinski definition) is 3. The predicted molar refractivity (Wildman–Crippen MR) is 86.6 cm³/mol. The standard InChI is InChI=1S/C18H23FN2O2/c1-11(14-6-8-15(19)9-7-14)10-16(22)20-18(4,5)17-12(2)21-23-13(17)3/h6-9,11H,10H2,1-5H3,(H,20,22)/t11-/m0/s1. The van der Waals surface area contributed by atoms with Gasteiger partial charge in [-0.2, -0.15) is 0 Å². The van der Waals surface area contributed by atoms with Crippen molar-refractivity contribution in [3.8, 4) is 0 Å². The van der Waals surface area contributed by atoms with Crippen LogP contribution in [-0.2, 0) is 10.3 Å². The van der Waals surface area contributed by atoms with Crippen LogP contribution in [0.25, 0.3) is 0 Å². The smallest absolute Gasteiger partial charge is 0.221 e. The first-order chi connectivity index (χ1) is 10.7. The SMILES string of the molecule is Cc1noc(C)c1C(C)(C)NC(=O)C[C@H](C)c1ccc(F)cc1. The van der Waals surface area contributed by atoms with Gasteiger partial charge >= 0.3 is 0 Å². The summed E-state index contributed by atoms with van der Waals surface area (Å²) in [7, 11) is 0. The largest absolute Gasteiger partial charge is 0.361 e. The molecule has 0 aliphatic heterocycles. The molecule has 0 fully saturated rings. The van der Waals surface area contributed by atoms with E-state index in [1.54, 1.807) is 12.1 Å². The van der Waals surface area contributed by atoms with E-state index in [0.29, 0.717) is 12.2 Å². The second kappa shape index (κ2) is 6.52. The van der Waals surface area contributed by atoms with Crippen LogP contribution in [0.4, 0.5) is 4.39 Å². The van der Waals surface area contributed by atoms with Crippen molar-refractivity contribution in [3.05, 3.63) is 52.7 Å². The number of aromatic nitrogens is 1. The molecule has 1 N–H and O–H groups in total. The summed E-state index contributed by atoms with van der Waals surface area (Å²) < 4.78 is 18.2. The van der Waals surface area contributed by atoms with Gasteiger partial charge in [0.15, 0.2) is 0 Å². The summed E-state index contributed by atoms with van der Waals surface area (Å²) in [6, 6.07) is 6.26. The average Bonchev–Trinajstić information content (AvgIpc) is 2.78. The van der Waals surface area contributed by atoms with Crippen molar-refractivity contribution in [1.82, 2.24) is 10.5 Å². The number of rotatable bonds is 5. The van der Waals surface area contributed by atoms with Crippen molar-refractivity contribution in [2.45, 2.75) is 52.5 Å². The minimum Gasteiger partial charge on any atom is -0.361 e. The highest BCUT2D eigenvalue weighted by Crippen LogP contribution is 2.27. The number of carbonyl (C=O) groups is 1. The molecule has 5 heteroatoms. The first kappa shape index (κ1) is 17.2. The third-order valence-corrected chi connectivity index (χ3v) is 4.04. The zero-order valence-electron chi connectivity index (χ0n) is 14.2. The van der Waals surface area contributed by atoms with Gasteiger partial charge in [0.25, 0.3) is 0 Å². The van der Waals surface area contributed by atoms with E-state index in [1.807, 2.05) is 34.6 Å². The molecule has 0 aliphatic rings. The van der Waals surface area contributed by atoms with Gasteiger partial charge in [-0.05, 0) is 51.3 Å². The van der Waals surface area contributed by atoms with Crippen molar-refractivity contribution >= 4 is 5.91 Å². The number of carbonyl (C=O) groups excluding carboxylic acids is 1. The second-order valence-electron chi connectivity index (χ2n) is 6.53. The summed E-state index contributed by atoms with van der Waals surface area (Å²) >= 11 is 0. The lowest BCUT2D eigenvalue weighted by Crippen LogP contribution is -2.42. The van der Waals surface area contributed by atoms with Gasteiger partial charge in [-0.15, -0.1) is 0 Å². The summed E-state index contributed by atoms with van der Waals surface area (Å²) in [5.41, 5.74) is 2.06. The van der Waals surface area contributed by atoms with Crippen LogP contribution in [0.5, 0.6) is 0 Å². The molecule has 0 radical (unpaired) electrons. The Bertz CT molecular complexity index is 670. The fraction of sp³-hybridized carbons (Fsp3) is 0.444. The number of nitrogens with zero attached hydrogens (tertiary/aromatic N) is 1. The minimum atomic E-state index is -0.562. The van der Waals surface area contributed by atoms with Crippen molar-refractivity contribution in [3.63, 3.8) is 0 Å². The fourth-order valence-corrected chi connectivity index (χ4v) is 3.02. The van der Waals surface area contributed by atoms with E-state index in [1.165, 1.54) is 12.1 Å². The van der Waals surface area contributed by atoms with Gasteiger partial charge in [0.1, 0.15) is 11.6 Å². The average molecular weight is 318 g/mol. The Morgan fingerprint density at radius 2 is 1.91 bits per heavy atom. The Morgan fingerprint density at radius 1 is 1.30 bits per heavy atom. The van der Waals surface area contributed by atoms with Crippen LogP contribution in [0, 0.1) is 19.7 Å². The van der Waals surface area contributed by atoms with Crippen molar-refractivity contribution < 1.29 is 13.7 Å². The first-order valence-corrected chi connectivity index (χ1v) is 7.70. The molecule has 124 valence electrons. The molecule has 0 spiro atoms. The van der Waals surface area contributed by atoms with Crippen LogP contribution in [0.1, 0.15) is 55.7 Å². The maximum absolute atomic E-state index is 13.0. The molecule has 0 unspecified atom stereocenters. The molecular weight excluding hydrogens is 295 g/mol. The highest BCUT2D eigenvalue weighted by atomic mass is 19.1. The minimum absolute atomic E-state index is 0.0102. The predicted octanol–water partition coefficient (Wildman–Crippen LogP) is 3.98. The van der Waals surface area contributed by atoms with Crippen molar-refractivity contribution in [2.24, 2.45) is 0 Å². The van der Waals surface area contributed by atoms with Gasteiger partial charge in [0, 0.05) is 12.0 Å². The van der Waals surface area contributed by atoms with Crippen LogP contribution >= 0.6 is 0 Å². The van der Waals surface area contributed by atoms with Gasteiger partial charge < -0.3 is 9.84 Å². The summed E-state index contributed by atoms with van der Waals surface area (Å²) in [6.07, 6.45) is 0.332. The Hall–Kier alpha value is -2.17. The topological polar surface area (TPSA) is 55.1 Å². The highest BCUT2D eigenvalue weighted by molar-refractivity contribution is 5.78. The molecule has 0 saturated heterocycles. The molecule has 2 rings (SSSR count). The molecule has 1 aromatic carbocycles. The molecular formula is C18H23FN2O2. The Labute approximate surface area is 136 Å². The summed E-state index contributed by atoms with van der Waals surface area (Å²) in [6.45, 7) is 9.51. The molecule has 1 heterocycles. The number of nitrogens with one attached hydrogen (secondary N) is 1. The zero-order chi connectivity index (χ0) is 17.2. The maximum atomic E-state index is 13.0. The molecule has 1 amide bonds. The number of hydrogen-bond donors (Lipinski definition) is 1. The lowest BCUT2D eigenvalue weighted by atomic mass is 9.91. The quantitative estimate of drug-likeness (QED) is 0.907. The molecule has 4 nitrogen and oxygen atoms in total. The number of benzene rings is 1. The summed E-state index contributed by atoms with van der Waals surface area (Å²) in [5, 5.41) is 6.98. The molecule has 2 aromatic rings. The summed E-state index contributed by atoms with van der Waals surface area (Å²) in [4.78, 5) is 12.4. The molecule has 1 aromatic heterocycles. The monoisotopic (exact) mass is 318 g/mol. The van der Waals surface area contributed by atoms with Crippen LogP contribution in [0.3, 0.4) is 0 Å². The van der Waals surface area contributed by atoms with E-state index >= 15 is 0 Å². The van der Waals surface area contributed by atoms with E-state index in [9.17, 15) is 9.18 Å². The van der Waals surface area contributed by atoms with Crippen molar-refractivity contribution in [1.29, 1.82) is 0 Å². The zero-order valence-corrected chi connectivity index (χ0v) is 14.2. The third kappa shape index (κ3) is 3.97. The molecule has 0 bridgehead atoms. The Kier molecular flexibility index (Phi) is 4.88. The molecule has 0 aliphatic carbocycles. The van der Waals surface area contributed by atoms with Crippen LogP contribution in [-0.4, -0.2) is 11.1 Å². The van der Waals surface area contributed by atoms with Gasteiger partial charge in [-0.1, -0.05) is 24.2 Å². The number of amides is 1. The van der Waals surface area contributed by atoms with Crippen LogP contribution in [0.15, 0.2) is 28.8 Å². The lowest BCUT2D eigenvalue weighted by molar-refractivity contribution is -0.123. The second-order valence-corrected chi connectivity index (χ2v) is 6.53. The van der Waals surface area contributed by atoms with Crippen LogP contribution in [0.2, 0.25) is 0 Å². The van der Waals surface area contributed by atoms with E-state index in [4.69, 9.17) is 4.52 Å². The number of halogens is 1. The van der Waals surface area contributed by atoms with Crippen LogP contribution < -0.4 is 5.32 Å². The van der Waals surface area contributed by atoms with Gasteiger partial charge in [0.2, 0.25) is 5.91 Å². The normalized spacial score (nSPS) is 13.0. The van der Waals surface area contributed by atoms with Gasteiger partial charge in [-0.25, -0.2) is 4.39 Å². The van der Waals surface area contributed by atoms with E-state index in [0.717, 1.165) is 16.8 Å². The van der Waals surface area contributed by atoms with Gasteiger partial charge in [0.05, 0.1) is 11.2 Å². The number of aryl methyl sites for hydroxylation is 2. The summed E-state index contributed by atoms with van der Waals surface area (Å²) in [5.74, 6) is 0.382. The third-order valence-electron chi connectivity index (χ3n) is 4.04. The van der Waals surface area contributed by atoms with Crippen molar-refractivity contribution in [2.75, 3.05) is 0 Å². The highest BCUT2D eigenvalue weighted by Gasteiger charge is 2.30. The van der Waals surface area contributed by atoms with E-state index in [-0.39, 0.29) is 17.6 Å². The fourth-order valence-electron chi connectivity index (χ4n) is 3.02. The Morgan fingerprint density at radius 3 is 2.43 bits per heavy atom. The molecule has 1 atom stereocenters. The Balaban J connectivity index is 2.05. The molecule has 23 heavy (non-hydrogen) atoms. The van der Waals surface area contributed by atoms with E-state index < -0.39 is 5.54 Å².